The fourth-order valence-corrected chi connectivity index (χ4v) is 1.68. The van der Waals surface area contributed by atoms with Crippen LogP contribution in [0.2, 0.25) is 0 Å². The quantitative estimate of drug-likeness (QED) is 0.643. The third kappa shape index (κ3) is 3.63. The fraction of sp³-hybridized carbons (Fsp3) is 1.00. The first kappa shape index (κ1) is 11.0. The highest BCUT2D eigenvalue weighted by Crippen LogP contribution is 2.22. The Morgan fingerprint density at radius 2 is 2.23 bits per heavy atom. The molecule has 0 aliphatic heterocycles. The number of ether oxygens (including phenoxy) is 1. The number of hydrogen-bond donors (Lipinski definition) is 2. The van der Waals surface area contributed by atoms with E-state index in [1.807, 2.05) is 0 Å². The molecule has 13 heavy (non-hydrogen) atoms. The molecule has 1 saturated carbocycles. The van der Waals surface area contributed by atoms with Crippen LogP contribution in [0.4, 0.5) is 0 Å². The van der Waals surface area contributed by atoms with Crippen LogP contribution in [0.25, 0.3) is 0 Å². The molecule has 0 bridgehead atoms. The van der Waals surface area contributed by atoms with Crippen LogP contribution in [-0.4, -0.2) is 32.3 Å². The summed E-state index contributed by atoms with van der Waals surface area (Å²) < 4.78 is 5.21. The molecule has 0 amide bonds. The largest absolute Gasteiger partial charge is 0.381 e. The second-order valence-corrected chi connectivity index (χ2v) is 4.12. The van der Waals surface area contributed by atoms with Gasteiger partial charge >= 0.3 is 0 Å². The Kier molecular flexibility index (Phi) is 4.70. The van der Waals surface area contributed by atoms with E-state index >= 15 is 0 Å². The minimum Gasteiger partial charge on any atom is -0.381 e. The van der Waals surface area contributed by atoms with Gasteiger partial charge in [-0.15, -0.1) is 0 Å². The maximum atomic E-state index is 5.48. The highest BCUT2D eigenvalue weighted by Gasteiger charge is 2.28. The van der Waals surface area contributed by atoms with Crippen LogP contribution in [0.5, 0.6) is 0 Å². The summed E-state index contributed by atoms with van der Waals surface area (Å²) in [5.74, 6) is 0.701. The zero-order valence-corrected chi connectivity index (χ0v) is 8.75. The van der Waals surface area contributed by atoms with E-state index < -0.39 is 0 Å². The normalized spacial score (nSPS) is 29.8. The van der Waals surface area contributed by atoms with Crippen LogP contribution in [0.15, 0.2) is 0 Å². The number of hydrogen-bond acceptors (Lipinski definition) is 3. The fourth-order valence-electron chi connectivity index (χ4n) is 1.68. The minimum absolute atomic E-state index is 0.502. The first-order chi connectivity index (χ1) is 6.26. The molecule has 0 aromatic rings. The smallest absolute Gasteiger partial charge is 0.0601 e. The van der Waals surface area contributed by atoms with E-state index in [9.17, 15) is 0 Å². The van der Waals surface area contributed by atoms with Gasteiger partial charge in [-0.25, -0.2) is 0 Å². The SMILES string of the molecule is COC1CC(NCC(C)CCN)C1. The topological polar surface area (TPSA) is 47.3 Å². The second-order valence-electron chi connectivity index (χ2n) is 4.12. The standard InChI is InChI=1S/C10H22N2O/c1-8(3-4-11)7-12-9-5-10(6-9)13-2/h8-10,12H,3-7,11H2,1-2H3. The molecule has 3 N–H and O–H groups in total. The monoisotopic (exact) mass is 186 g/mol. The Labute approximate surface area is 81.0 Å². The predicted molar refractivity (Wildman–Crippen MR) is 54.7 cm³/mol. The van der Waals surface area contributed by atoms with Gasteiger partial charge in [0.15, 0.2) is 0 Å². The lowest BCUT2D eigenvalue weighted by molar-refractivity contribution is 0.0166. The van der Waals surface area contributed by atoms with Crippen molar-refractivity contribution < 1.29 is 4.74 Å². The summed E-state index contributed by atoms with van der Waals surface area (Å²) in [6, 6.07) is 0.685. The van der Waals surface area contributed by atoms with Gasteiger partial charge in [-0.2, -0.15) is 0 Å². The summed E-state index contributed by atoms with van der Waals surface area (Å²) in [6.07, 6.45) is 3.97. The van der Waals surface area contributed by atoms with E-state index in [4.69, 9.17) is 10.5 Å². The average Bonchev–Trinajstić information content (AvgIpc) is 2.02. The van der Waals surface area contributed by atoms with E-state index in [-0.39, 0.29) is 0 Å². The lowest BCUT2D eigenvalue weighted by Crippen LogP contribution is -2.46. The van der Waals surface area contributed by atoms with Gasteiger partial charge in [0.05, 0.1) is 6.10 Å². The minimum atomic E-state index is 0.502. The Hall–Kier alpha value is -0.120. The van der Waals surface area contributed by atoms with Crippen LogP contribution in [0.1, 0.15) is 26.2 Å². The molecule has 1 aliphatic carbocycles. The van der Waals surface area contributed by atoms with Crippen LogP contribution < -0.4 is 11.1 Å². The van der Waals surface area contributed by atoms with Crippen molar-refractivity contribution in [1.82, 2.24) is 5.32 Å². The highest BCUT2D eigenvalue weighted by molar-refractivity contribution is 4.85. The molecule has 1 unspecified atom stereocenters. The lowest BCUT2D eigenvalue weighted by Gasteiger charge is -2.35. The lowest BCUT2D eigenvalue weighted by atomic mass is 9.89. The Morgan fingerprint density at radius 1 is 1.54 bits per heavy atom. The molecule has 0 saturated heterocycles. The summed E-state index contributed by atoms with van der Waals surface area (Å²) in [4.78, 5) is 0. The molecule has 0 heterocycles. The van der Waals surface area contributed by atoms with Gasteiger partial charge in [-0.05, 0) is 38.3 Å². The molecule has 1 atom stereocenters. The highest BCUT2D eigenvalue weighted by atomic mass is 16.5. The molecule has 1 fully saturated rings. The zero-order chi connectivity index (χ0) is 9.68. The molecule has 1 rings (SSSR count). The van der Waals surface area contributed by atoms with Crippen molar-refractivity contribution in [1.29, 1.82) is 0 Å². The first-order valence-electron chi connectivity index (χ1n) is 5.22. The molecule has 0 radical (unpaired) electrons. The van der Waals surface area contributed by atoms with Crippen LogP contribution >= 0.6 is 0 Å². The van der Waals surface area contributed by atoms with Crippen LogP contribution in [-0.2, 0) is 4.74 Å². The predicted octanol–water partition coefficient (Wildman–Crippen LogP) is 0.738. The molecule has 0 spiro atoms. The first-order valence-corrected chi connectivity index (χ1v) is 5.22. The van der Waals surface area contributed by atoms with Crippen molar-refractivity contribution in [2.24, 2.45) is 11.7 Å². The number of nitrogens with one attached hydrogen (secondary N) is 1. The Balaban J connectivity index is 1.95. The molecule has 3 nitrogen and oxygen atoms in total. The Morgan fingerprint density at radius 3 is 2.77 bits per heavy atom. The van der Waals surface area contributed by atoms with E-state index in [1.165, 1.54) is 12.8 Å². The van der Waals surface area contributed by atoms with Gasteiger partial charge in [-0.3, -0.25) is 0 Å². The number of rotatable bonds is 6. The summed E-state index contributed by atoms with van der Waals surface area (Å²) in [5, 5.41) is 3.53. The maximum absolute atomic E-state index is 5.48. The van der Waals surface area contributed by atoms with Crippen molar-refractivity contribution >= 4 is 0 Å². The maximum Gasteiger partial charge on any atom is 0.0601 e. The second kappa shape index (κ2) is 5.58. The average molecular weight is 186 g/mol. The summed E-state index contributed by atoms with van der Waals surface area (Å²) in [5.41, 5.74) is 5.48. The summed E-state index contributed by atoms with van der Waals surface area (Å²) in [7, 11) is 1.79. The van der Waals surface area contributed by atoms with Crippen molar-refractivity contribution in [3.05, 3.63) is 0 Å². The molecule has 3 heteroatoms. The van der Waals surface area contributed by atoms with Crippen molar-refractivity contribution in [3.63, 3.8) is 0 Å². The van der Waals surface area contributed by atoms with E-state index in [2.05, 4.69) is 12.2 Å². The van der Waals surface area contributed by atoms with Gasteiger partial charge in [-0.1, -0.05) is 6.92 Å². The van der Waals surface area contributed by atoms with Crippen LogP contribution in [0.3, 0.4) is 0 Å². The molecular weight excluding hydrogens is 164 g/mol. The third-order valence-corrected chi connectivity index (χ3v) is 2.84. The van der Waals surface area contributed by atoms with Gasteiger partial charge in [0.1, 0.15) is 0 Å². The third-order valence-electron chi connectivity index (χ3n) is 2.84. The molecule has 0 aromatic carbocycles. The van der Waals surface area contributed by atoms with Crippen LogP contribution in [0, 0.1) is 5.92 Å². The molecular formula is C10H22N2O. The van der Waals surface area contributed by atoms with E-state index in [1.54, 1.807) is 7.11 Å². The van der Waals surface area contributed by atoms with Crippen molar-refractivity contribution in [2.75, 3.05) is 20.2 Å². The van der Waals surface area contributed by atoms with Gasteiger partial charge < -0.3 is 15.8 Å². The number of methoxy groups -OCH3 is 1. The molecule has 78 valence electrons. The van der Waals surface area contributed by atoms with Gasteiger partial charge in [0.25, 0.3) is 0 Å². The van der Waals surface area contributed by atoms with Gasteiger partial charge in [0, 0.05) is 13.2 Å². The zero-order valence-electron chi connectivity index (χ0n) is 8.75. The van der Waals surface area contributed by atoms with Crippen molar-refractivity contribution in [2.45, 2.75) is 38.3 Å². The van der Waals surface area contributed by atoms with E-state index in [0.717, 1.165) is 19.5 Å². The van der Waals surface area contributed by atoms with E-state index in [0.29, 0.717) is 18.1 Å². The summed E-state index contributed by atoms with van der Waals surface area (Å²) in [6.45, 7) is 4.14. The molecule has 0 aromatic heterocycles. The molecule has 1 aliphatic rings. The Bertz CT molecular complexity index is 135. The van der Waals surface area contributed by atoms with Gasteiger partial charge in [0.2, 0.25) is 0 Å². The van der Waals surface area contributed by atoms with Crippen molar-refractivity contribution in [3.8, 4) is 0 Å². The number of nitrogens with two attached hydrogens (primary N) is 1. The summed E-state index contributed by atoms with van der Waals surface area (Å²) >= 11 is 0.